The summed E-state index contributed by atoms with van der Waals surface area (Å²) < 4.78 is 32.4. The number of hydrogen-bond donors (Lipinski definition) is 3. The molecule has 0 atom stereocenters. The normalized spacial score (nSPS) is 11.3. The number of nitrogens with two attached hydrogens (primary N) is 1. The summed E-state index contributed by atoms with van der Waals surface area (Å²) in [6, 6.07) is 4.37. The van der Waals surface area contributed by atoms with Crippen LogP contribution in [0, 0.1) is 13.8 Å². The van der Waals surface area contributed by atoms with Crippen LogP contribution >= 0.6 is 0 Å². The molecule has 1 aromatic heterocycles. The fourth-order valence-electron chi connectivity index (χ4n) is 1.80. The van der Waals surface area contributed by atoms with Crippen LogP contribution < -0.4 is 15.2 Å². The van der Waals surface area contributed by atoms with E-state index in [1.165, 1.54) is 25.3 Å². The zero-order chi connectivity index (χ0) is 14.9. The average Bonchev–Trinajstić information content (AvgIpc) is 2.69. The van der Waals surface area contributed by atoms with E-state index >= 15 is 0 Å². The maximum Gasteiger partial charge on any atom is 0.265 e. The molecule has 1 heterocycles. The number of H-pyrrole nitrogens is 1. The van der Waals surface area contributed by atoms with Gasteiger partial charge < -0.3 is 10.5 Å². The van der Waals surface area contributed by atoms with E-state index in [1.807, 2.05) is 0 Å². The predicted octanol–water partition coefficient (Wildman–Crippen LogP) is 1.42. The van der Waals surface area contributed by atoms with Gasteiger partial charge >= 0.3 is 0 Å². The van der Waals surface area contributed by atoms with E-state index in [0.29, 0.717) is 22.8 Å². The van der Waals surface area contributed by atoms with Gasteiger partial charge in [-0.15, -0.1) is 0 Å². The summed E-state index contributed by atoms with van der Waals surface area (Å²) in [6.07, 6.45) is 0. The number of ether oxygens (including phenoxy) is 1. The second-order valence-corrected chi connectivity index (χ2v) is 5.98. The molecule has 0 amide bonds. The fourth-order valence-corrected chi connectivity index (χ4v) is 3.13. The average molecular weight is 296 g/mol. The molecule has 2 aromatic rings. The summed E-state index contributed by atoms with van der Waals surface area (Å²) in [4.78, 5) is 0.0224. The van der Waals surface area contributed by atoms with Crippen LogP contribution in [0.5, 0.6) is 5.75 Å². The van der Waals surface area contributed by atoms with Crippen molar-refractivity contribution in [3.05, 3.63) is 29.6 Å². The number of aromatic amines is 1. The molecule has 0 aliphatic heterocycles. The lowest BCUT2D eigenvalue weighted by molar-refractivity contribution is 0.403. The predicted molar refractivity (Wildman–Crippen MR) is 76.3 cm³/mol. The smallest absolute Gasteiger partial charge is 0.265 e. The standard InChI is InChI=1S/C12H16N4O3S/c1-7-12(8(2)15-14-7)16-20(17,18)11-5-4-9(13)6-10(11)19-3/h4-6,16H,13H2,1-3H3,(H,14,15). The molecule has 0 spiro atoms. The Morgan fingerprint density at radius 3 is 2.60 bits per heavy atom. The molecule has 0 saturated heterocycles. The number of benzene rings is 1. The van der Waals surface area contributed by atoms with Crippen molar-refractivity contribution in [2.24, 2.45) is 0 Å². The summed E-state index contributed by atoms with van der Waals surface area (Å²) in [5.41, 5.74) is 7.69. The van der Waals surface area contributed by atoms with Crippen molar-refractivity contribution in [1.29, 1.82) is 0 Å². The Hall–Kier alpha value is -2.22. The minimum atomic E-state index is -3.78. The molecule has 7 nitrogen and oxygen atoms in total. The van der Waals surface area contributed by atoms with Crippen LogP contribution in [0.2, 0.25) is 0 Å². The number of nitrogens with zero attached hydrogens (tertiary/aromatic N) is 1. The van der Waals surface area contributed by atoms with Crippen LogP contribution in [0.25, 0.3) is 0 Å². The lowest BCUT2D eigenvalue weighted by atomic mass is 10.3. The molecular weight excluding hydrogens is 280 g/mol. The van der Waals surface area contributed by atoms with Gasteiger partial charge in [-0.3, -0.25) is 9.82 Å². The second-order valence-electron chi connectivity index (χ2n) is 4.32. The third-order valence-corrected chi connectivity index (χ3v) is 4.23. The number of aryl methyl sites for hydroxylation is 2. The maximum absolute atomic E-state index is 12.4. The van der Waals surface area contributed by atoms with Gasteiger partial charge in [0.1, 0.15) is 10.6 Å². The molecular formula is C12H16N4O3S. The van der Waals surface area contributed by atoms with Gasteiger partial charge in [0.05, 0.1) is 24.2 Å². The summed E-state index contributed by atoms with van der Waals surface area (Å²) in [6.45, 7) is 3.44. The van der Waals surface area contributed by atoms with E-state index in [-0.39, 0.29) is 10.6 Å². The van der Waals surface area contributed by atoms with Gasteiger partial charge in [-0.2, -0.15) is 5.10 Å². The topological polar surface area (TPSA) is 110 Å². The molecule has 0 aliphatic rings. The first kappa shape index (κ1) is 14.2. The highest BCUT2D eigenvalue weighted by Gasteiger charge is 2.22. The van der Waals surface area contributed by atoms with Crippen molar-refractivity contribution < 1.29 is 13.2 Å². The van der Waals surface area contributed by atoms with E-state index in [4.69, 9.17) is 10.5 Å². The molecule has 2 rings (SSSR count). The zero-order valence-corrected chi connectivity index (χ0v) is 12.2. The SMILES string of the molecule is COc1cc(N)ccc1S(=O)(=O)Nc1c(C)n[nH]c1C. The molecule has 0 aliphatic carbocycles. The van der Waals surface area contributed by atoms with Crippen LogP contribution in [-0.2, 0) is 10.0 Å². The van der Waals surface area contributed by atoms with Crippen LogP contribution in [-0.4, -0.2) is 25.7 Å². The molecule has 1 aromatic carbocycles. The quantitative estimate of drug-likeness (QED) is 0.739. The molecule has 20 heavy (non-hydrogen) atoms. The van der Waals surface area contributed by atoms with Gasteiger partial charge in [0.25, 0.3) is 10.0 Å². The van der Waals surface area contributed by atoms with E-state index in [0.717, 1.165) is 0 Å². The Morgan fingerprint density at radius 1 is 1.35 bits per heavy atom. The zero-order valence-electron chi connectivity index (χ0n) is 11.4. The number of hydrogen-bond acceptors (Lipinski definition) is 5. The highest BCUT2D eigenvalue weighted by atomic mass is 32.2. The van der Waals surface area contributed by atoms with Crippen molar-refractivity contribution in [2.45, 2.75) is 18.7 Å². The van der Waals surface area contributed by atoms with E-state index < -0.39 is 10.0 Å². The summed E-state index contributed by atoms with van der Waals surface area (Å²) in [7, 11) is -2.39. The van der Waals surface area contributed by atoms with Gasteiger partial charge in [0, 0.05) is 11.8 Å². The first-order chi connectivity index (χ1) is 9.35. The summed E-state index contributed by atoms with van der Waals surface area (Å²) >= 11 is 0. The number of nitrogen functional groups attached to an aromatic ring is 1. The fraction of sp³-hybridized carbons (Fsp3) is 0.250. The Morgan fingerprint density at radius 2 is 2.05 bits per heavy atom. The number of sulfonamides is 1. The largest absolute Gasteiger partial charge is 0.495 e. The molecule has 0 radical (unpaired) electrons. The van der Waals surface area contributed by atoms with Crippen LogP contribution in [0.4, 0.5) is 11.4 Å². The van der Waals surface area contributed by atoms with Gasteiger partial charge in [-0.05, 0) is 26.0 Å². The van der Waals surface area contributed by atoms with E-state index in [9.17, 15) is 8.42 Å². The number of nitrogens with one attached hydrogen (secondary N) is 2. The van der Waals surface area contributed by atoms with Crippen molar-refractivity contribution in [3.8, 4) is 5.75 Å². The number of aromatic nitrogens is 2. The molecule has 108 valence electrons. The Labute approximate surface area is 117 Å². The Bertz CT molecular complexity index is 718. The van der Waals surface area contributed by atoms with Crippen molar-refractivity contribution in [3.63, 3.8) is 0 Å². The molecule has 4 N–H and O–H groups in total. The minimum Gasteiger partial charge on any atom is -0.495 e. The molecule has 0 bridgehead atoms. The van der Waals surface area contributed by atoms with Crippen LogP contribution in [0.15, 0.2) is 23.1 Å². The van der Waals surface area contributed by atoms with E-state index in [1.54, 1.807) is 13.8 Å². The molecule has 8 heteroatoms. The first-order valence-corrected chi connectivity index (χ1v) is 7.31. The second kappa shape index (κ2) is 5.04. The maximum atomic E-state index is 12.4. The van der Waals surface area contributed by atoms with Gasteiger partial charge in [-0.25, -0.2) is 8.42 Å². The lowest BCUT2D eigenvalue weighted by Gasteiger charge is -2.12. The third kappa shape index (κ3) is 2.55. The van der Waals surface area contributed by atoms with Crippen molar-refractivity contribution in [1.82, 2.24) is 10.2 Å². The number of rotatable bonds is 4. The number of anilines is 2. The van der Waals surface area contributed by atoms with E-state index in [2.05, 4.69) is 14.9 Å². The Kier molecular flexibility index (Phi) is 3.58. The van der Waals surface area contributed by atoms with Crippen molar-refractivity contribution >= 4 is 21.4 Å². The lowest BCUT2D eigenvalue weighted by Crippen LogP contribution is -2.15. The highest BCUT2D eigenvalue weighted by Crippen LogP contribution is 2.29. The Balaban J connectivity index is 2.46. The highest BCUT2D eigenvalue weighted by molar-refractivity contribution is 7.92. The van der Waals surface area contributed by atoms with Gasteiger partial charge in [-0.1, -0.05) is 0 Å². The molecule has 0 fully saturated rings. The first-order valence-electron chi connectivity index (χ1n) is 5.83. The summed E-state index contributed by atoms with van der Waals surface area (Å²) in [5, 5.41) is 6.67. The van der Waals surface area contributed by atoms with Crippen LogP contribution in [0.3, 0.4) is 0 Å². The van der Waals surface area contributed by atoms with Gasteiger partial charge in [0.2, 0.25) is 0 Å². The van der Waals surface area contributed by atoms with Gasteiger partial charge in [0.15, 0.2) is 0 Å². The monoisotopic (exact) mass is 296 g/mol. The van der Waals surface area contributed by atoms with Crippen LogP contribution in [0.1, 0.15) is 11.4 Å². The third-order valence-electron chi connectivity index (χ3n) is 2.84. The van der Waals surface area contributed by atoms with Crippen molar-refractivity contribution in [2.75, 3.05) is 17.6 Å². The number of methoxy groups -OCH3 is 1. The minimum absolute atomic E-state index is 0.0224. The summed E-state index contributed by atoms with van der Waals surface area (Å²) in [5.74, 6) is 0.191. The molecule has 0 saturated carbocycles. The molecule has 0 unspecified atom stereocenters.